The van der Waals surface area contributed by atoms with Crippen molar-refractivity contribution >= 4 is 40.3 Å². The van der Waals surface area contributed by atoms with Crippen LogP contribution in [0, 0.1) is 3.57 Å². The van der Waals surface area contributed by atoms with Crippen molar-refractivity contribution in [3.63, 3.8) is 0 Å². The quantitative estimate of drug-likeness (QED) is 0.548. The van der Waals surface area contributed by atoms with Gasteiger partial charge in [-0.25, -0.2) is 4.98 Å². The van der Waals surface area contributed by atoms with Crippen molar-refractivity contribution in [1.82, 2.24) is 15.3 Å². The van der Waals surface area contributed by atoms with Gasteiger partial charge in [-0.05, 0) is 85.6 Å². The number of aryl methyl sites for hydroxylation is 1. The number of anilines is 2. The lowest BCUT2D eigenvalue weighted by Crippen LogP contribution is -2.41. The maximum absolute atomic E-state index is 12.5. The topological polar surface area (TPSA) is 70.2 Å². The fourth-order valence-corrected chi connectivity index (χ4v) is 5.24. The molecule has 0 unspecified atom stereocenters. The molecule has 1 fully saturated rings. The van der Waals surface area contributed by atoms with Gasteiger partial charge >= 0.3 is 0 Å². The fraction of sp³-hybridized carbons (Fsp3) is 0.542. The van der Waals surface area contributed by atoms with Crippen LogP contribution in [-0.4, -0.2) is 42.1 Å². The SMILES string of the molecule is CN(C)c1nc(NC2CCC(NC(=O)Cc3ccccc3I)CC2)nc2c1CCCC2. The number of amides is 1. The summed E-state index contributed by atoms with van der Waals surface area (Å²) in [7, 11) is 4.12. The number of hydrogen-bond acceptors (Lipinski definition) is 5. The van der Waals surface area contributed by atoms with Crippen molar-refractivity contribution < 1.29 is 4.79 Å². The standard InChI is InChI=1S/C24H32IN5O/c1-30(2)23-19-8-4-6-10-21(19)28-24(29-23)27-18-13-11-17(12-14-18)26-22(31)15-16-7-3-5-9-20(16)25/h3,5,7,9,17-18H,4,6,8,10-15H2,1-2H3,(H,26,31)(H,27,28,29). The van der Waals surface area contributed by atoms with Gasteiger partial charge in [0.2, 0.25) is 11.9 Å². The summed E-state index contributed by atoms with van der Waals surface area (Å²) in [5, 5.41) is 6.82. The molecular formula is C24H32IN5O. The van der Waals surface area contributed by atoms with Gasteiger partial charge in [0.25, 0.3) is 0 Å². The molecule has 0 spiro atoms. The summed E-state index contributed by atoms with van der Waals surface area (Å²) >= 11 is 2.29. The van der Waals surface area contributed by atoms with E-state index in [1.807, 2.05) is 24.3 Å². The molecule has 6 nitrogen and oxygen atoms in total. The van der Waals surface area contributed by atoms with E-state index in [9.17, 15) is 4.79 Å². The van der Waals surface area contributed by atoms with Crippen LogP contribution < -0.4 is 15.5 Å². The zero-order chi connectivity index (χ0) is 21.8. The van der Waals surface area contributed by atoms with E-state index in [2.05, 4.69) is 52.2 Å². The van der Waals surface area contributed by atoms with Gasteiger partial charge in [0.05, 0.1) is 12.1 Å². The molecule has 7 heteroatoms. The molecular weight excluding hydrogens is 501 g/mol. The van der Waals surface area contributed by atoms with Gasteiger partial charge in [-0.2, -0.15) is 4.98 Å². The predicted molar refractivity (Wildman–Crippen MR) is 134 cm³/mol. The molecule has 2 aromatic rings. The first-order valence-corrected chi connectivity index (χ1v) is 12.4. The molecule has 1 amide bonds. The van der Waals surface area contributed by atoms with Crippen LogP contribution in [0.3, 0.4) is 0 Å². The smallest absolute Gasteiger partial charge is 0.225 e. The van der Waals surface area contributed by atoms with Crippen LogP contribution in [0.5, 0.6) is 0 Å². The van der Waals surface area contributed by atoms with E-state index in [-0.39, 0.29) is 11.9 Å². The average Bonchev–Trinajstić information content (AvgIpc) is 2.76. The van der Waals surface area contributed by atoms with Crippen molar-refractivity contribution in [2.45, 2.75) is 69.9 Å². The first-order chi connectivity index (χ1) is 15.0. The summed E-state index contributed by atoms with van der Waals surface area (Å²) in [4.78, 5) is 24.3. The van der Waals surface area contributed by atoms with Crippen molar-refractivity contribution in [3.05, 3.63) is 44.7 Å². The molecule has 0 radical (unpaired) electrons. The minimum Gasteiger partial charge on any atom is -0.362 e. The molecule has 1 saturated carbocycles. The average molecular weight is 533 g/mol. The number of hydrogen-bond donors (Lipinski definition) is 2. The van der Waals surface area contributed by atoms with Crippen molar-refractivity contribution in [1.29, 1.82) is 0 Å². The van der Waals surface area contributed by atoms with Crippen LogP contribution in [0.2, 0.25) is 0 Å². The van der Waals surface area contributed by atoms with Crippen molar-refractivity contribution in [2.75, 3.05) is 24.3 Å². The molecule has 166 valence electrons. The Kier molecular flexibility index (Phi) is 7.30. The molecule has 31 heavy (non-hydrogen) atoms. The lowest BCUT2D eigenvalue weighted by Gasteiger charge is -2.30. The van der Waals surface area contributed by atoms with E-state index in [4.69, 9.17) is 9.97 Å². The van der Waals surface area contributed by atoms with E-state index in [1.165, 1.54) is 24.1 Å². The Morgan fingerprint density at radius 2 is 1.77 bits per heavy atom. The van der Waals surface area contributed by atoms with E-state index in [0.29, 0.717) is 12.5 Å². The number of carbonyl (C=O) groups excluding carboxylic acids is 1. The second kappa shape index (κ2) is 10.1. The van der Waals surface area contributed by atoms with Crippen LogP contribution in [0.1, 0.15) is 55.3 Å². The summed E-state index contributed by atoms with van der Waals surface area (Å²) in [6.45, 7) is 0. The number of rotatable bonds is 6. The zero-order valence-electron chi connectivity index (χ0n) is 18.5. The third-order valence-electron chi connectivity index (χ3n) is 6.32. The minimum absolute atomic E-state index is 0.120. The van der Waals surface area contributed by atoms with E-state index < -0.39 is 0 Å². The number of halogens is 1. The van der Waals surface area contributed by atoms with Crippen molar-refractivity contribution in [2.24, 2.45) is 0 Å². The van der Waals surface area contributed by atoms with E-state index >= 15 is 0 Å². The first-order valence-electron chi connectivity index (χ1n) is 11.4. The van der Waals surface area contributed by atoms with E-state index in [0.717, 1.165) is 59.4 Å². The maximum atomic E-state index is 12.5. The van der Waals surface area contributed by atoms with Crippen LogP contribution >= 0.6 is 22.6 Å². The predicted octanol–water partition coefficient (Wildman–Crippen LogP) is 4.11. The number of carbonyl (C=O) groups is 1. The Morgan fingerprint density at radius 1 is 1.06 bits per heavy atom. The Hall–Kier alpha value is -1.90. The number of nitrogens with zero attached hydrogens (tertiary/aromatic N) is 3. The zero-order valence-corrected chi connectivity index (χ0v) is 20.6. The Morgan fingerprint density at radius 3 is 2.52 bits per heavy atom. The monoisotopic (exact) mass is 533 g/mol. The highest BCUT2D eigenvalue weighted by atomic mass is 127. The number of fused-ring (bicyclic) bond motifs is 1. The third kappa shape index (κ3) is 5.67. The summed E-state index contributed by atoms with van der Waals surface area (Å²) in [6.07, 6.45) is 9.03. The Balaban J connectivity index is 1.31. The molecule has 2 aliphatic rings. The summed E-state index contributed by atoms with van der Waals surface area (Å²) in [5.74, 6) is 1.94. The molecule has 1 heterocycles. The second-order valence-corrected chi connectivity index (χ2v) is 10.1. The van der Waals surface area contributed by atoms with Crippen LogP contribution in [-0.2, 0) is 24.1 Å². The van der Waals surface area contributed by atoms with Gasteiger partial charge in [0.15, 0.2) is 0 Å². The summed E-state index contributed by atoms with van der Waals surface area (Å²) < 4.78 is 1.14. The van der Waals surface area contributed by atoms with Crippen molar-refractivity contribution in [3.8, 4) is 0 Å². The minimum atomic E-state index is 0.120. The summed E-state index contributed by atoms with van der Waals surface area (Å²) in [5.41, 5.74) is 3.63. The van der Waals surface area contributed by atoms with Crippen LogP contribution in [0.25, 0.3) is 0 Å². The lowest BCUT2D eigenvalue weighted by atomic mass is 9.91. The molecule has 2 aliphatic carbocycles. The normalized spacial score (nSPS) is 20.6. The number of aromatic nitrogens is 2. The molecule has 1 aromatic carbocycles. The largest absolute Gasteiger partial charge is 0.362 e. The van der Waals surface area contributed by atoms with Gasteiger partial charge in [-0.3, -0.25) is 4.79 Å². The molecule has 0 aliphatic heterocycles. The van der Waals surface area contributed by atoms with Gasteiger partial charge < -0.3 is 15.5 Å². The summed E-state index contributed by atoms with van der Waals surface area (Å²) in [6, 6.07) is 8.69. The van der Waals surface area contributed by atoms with Gasteiger partial charge in [-0.1, -0.05) is 18.2 Å². The van der Waals surface area contributed by atoms with Crippen LogP contribution in [0.4, 0.5) is 11.8 Å². The fourth-order valence-electron chi connectivity index (χ4n) is 4.67. The molecule has 0 saturated heterocycles. The second-order valence-electron chi connectivity index (χ2n) is 8.93. The molecule has 2 N–H and O–H groups in total. The molecule has 1 aromatic heterocycles. The highest BCUT2D eigenvalue weighted by Crippen LogP contribution is 2.29. The lowest BCUT2D eigenvalue weighted by molar-refractivity contribution is -0.121. The Labute approximate surface area is 198 Å². The van der Waals surface area contributed by atoms with Gasteiger partial charge in [0.1, 0.15) is 5.82 Å². The third-order valence-corrected chi connectivity index (χ3v) is 7.37. The first kappa shape index (κ1) is 22.3. The van der Waals surface area contributed by atoms with E-state index in [1.54, 1.807) is 0 Å². The number of benzene rings is 1. The molecule has 4 rings (SSSR count). The highest BCUT2D eigenvalue weighted by molar-refractivity contribution is 14.1. The Bertz CT molecular complexity index is 924. The van der Waals surface area contributed by atoms with Crippen LogP contribution in [0.15, 0.2) is 24.3 Å². The maximum Gasteiger partial charge on any atom is 0.225 e. The molecule has 0 atom stereocenters. The highest BCUT2D eigenvalue weighted by Gasteiger charge is 2.25. The van der Waals surface area contributed by atoms with Gasteiger partial charge in [0, 0.05) is 35.3 Å². The number of nitrogens with one attached hydrogen (secondary N) is 2. The molecule has 0 bridgehead atoms. The van der Waals surface area contributed by atoms with Gasteiger partial charge in [-0.15, -0.1) is 0 Å².